The molecular weight excluding hydrogens is 258 g/mol. The van der Waals surface area contributed by atoms with Gasteiger partial charge in [0.1, 0.15) is 0 Å². The van der Waals surface area contributed by atoms with Crippen LogP contribution in [0.5, 0.6) is 0 Å². The van der Waals surface area contributed by atoms with Gasteiger partial charge in [-0.3, -0.25) is 9.59 Å². The van der Waals surface area contributed by atoms with Crippen LogP contribution in [0.4, 0.5) is 0 Å². The number of amides is 2. The van der Waals surface area contributed by atoms with Crippen LogP contribution in [-0.2, 0) is 6.42 Å². The van der Waals surface area contributed by atoms with Crippen LogP contribution >= 0.6 is 0 Å². The summed E-state index contributed by atoms with van der Waals surface area (Å²) in [5.74, 6) is -0.437. The van der Waals surface area contributed by atoms with E-state index in [9.17, 15) is 9.59 Å². The summed E-state index contributed by atoms with van der Waals surface area (Å²) >= 11 is 0. The van der Waals surface area contributed by atoms with Crippen molar-refractivity contribution in [3.63, 3.8) is 0 Å². The molecule has 6 heteroatoms. The van der Waals surface area contributed by atoms with E-state index in [0.29, 0.717) is 25.1 Å². The number of hydrogen-bond acceptors (Lipinski definition) is 4. The molecule has 0 unspecified atom stereocenters. The quantitative estimate of drug-likeness (QED) is 0.762. The number of aromatic nitrogens is 1. The lowest BCUT2D eigenvalue weighted by atomic mass is 10.1. The van der Waals surface area contributed by atoms with Crippen LogP contribution in [-0.4, -0.2) is 30.1 Å². The molecule has 0 aliphatic rings. The lowest BCUT2D eigenvalue weighted by Crippen LogP contribution is -2.27. The third-order valence-electron chi connectivity index (χ3n) is 2.78. The molecule has 6 nitrogen and oxygen atoms in total. The predicted octanol–water partition coefficient (Wildman–Crippen LogP) is 1.91. The Hall–Kier alpha value is -1.85. The van der Waals surface area contributed by atoms with E-state index in [1.54, 1.807) is 0 Å². The molecule has 0 saturated carbocycles. The minimum absolute atomic E-state index is 0.155. The van der Waals surface area contributed by atoms with Crippen LogP contribution in [0.2, 0.25) is 0 Å². The number of carbonyl (C=O) groups is 2. The molecule has 0 radical (unpaired) electrons. The fourth-order valence-electron chi connectivity index (χ4n) is 1.79. The maximum absolute atomic E-state index is 12.0. The first-order valence-corrected chi connectivity index (χ1v) is 7.20. The molecule has 1 heterocycles. The zero-order valence-corrected chi connectivity index (χ0v) is 12.4. The average Bonchev–Trinajstić information content (AvgIpc) is 2.86. The van der Waals surface area contributed by atoms with E-state index in [1.807, 2.05) is 20.8 Å². The second-order valence-electron chi connectivity index (χ2n) is 4.60. The molecule has 0 aromatic carbocycles. The minimum atomic E-state index is -0.308. The first-order chi connectivity index (χ1) is 9.65. The number of rotatable bonds is 8. The van der Waals surface area contributed by atoms with E-state index in [4.69, 9.17) is 4.52 Å². The Bertz CT molecular complexity index is 417. The monoisotopic (exact) mass is 281 g/mol. The van der Waals surface area contributed by atoms with Gasteiger partial charge in [-0.1, -0.05) is 32.3 Å². The molecule has 1 aromatic heterocycles. The van der Waals surface area contributed by atoms with Gasteiger partial charge >= 0.3 is 0 Å². The van der Waals surface area contributed by atoms with Gasteiger partial charge in [0.2, 0.25) is 5.76 Å². The Balaban J connectivity index is 2.93. The molecule has 2 N–H and O–H groups in total. The third-order valence-corrected chi connectivity index (χ3v) is 2.78. The Morgan fingerprint density at radius 1 is 1.00 bits per heavy atom. The van der Waals surface area contributed by atoms with E-state index >= 15 is 0 Å². The van der Waals surface area contributed by atoms with Crippen LogP contribution < -0.4 is 10.6 Å². The van der Waals surface area contributed by atoms with Crippen molar-refractivity contribution < 1.29 is 14.1 Å². The molecule has 0 atom stereocenters. The summed E-state index contributed by atoms with van der Waals surface area (Å²) in [6, 6.07) is 0. The van der Waals surface area contributed by atoms with E-state index < -0.39 is 0 Å². The highest BCUT2D eigenvalue weighted by Crippen LogP contribution is 2.16. The predicted molar refractivity (Wildman–Crippen MR) is 75.7 cm³/mol. The second kappa shape index (κ2) is 8.35. The zero-order chi connectivity index (χ0) is 15.0. The van der Waals surface area contributed by atoms with Gasteiger partial charge in [0, 0.05) is 18.7 Å². The van der Waals surface area contributed by atoms with E-state index in [2.05, 4.69) is 15.8 Å². The van der Waals surface area contributed by atoms with Gasteiger partial charge in [-0.2, -0.15) is 0 Å². The molecule has 0 fully saturated rings. The molecule has 0 spiro atoms. The fraction of sp³-hybridized carbons (Fsp3) is 0.643. The highest BCUT2D eigenvalue weighted by atomic mass is 16.5. The van der Waals surface area contributed by atoms with Gasteiger partial charge < -0.3 is 15.2 Å². The van der Waals surface area contributed by atoms with E-state index in [1.165, 1.54) is 0 Å². The third kappa shape index (κ3) is 4.08. The van der Waals surface area contributed by atoms with Crippen molar-refractivity contribution in [2.24, 2.45) is 0 Å². The first kappa shape index (κ1) is 16.2. The van der Waals surface area contributed by atoms with Gasteiger partial charge in [-0.15, -0.1) is 0 Å². The number of carbonyl (C=O) groups excluding carboxylic acids is 2. The van der Waals surface area contributed by atoms with Crippen LogP contribution in [0.15, 0.2) is 4.52 Å². The second-order valence-corrected chi connectivity index (χ2v) is 4.60. The van der Waals surface area contributed by atoms with Crippen molar-refractivity contribution in [1.82, 2.24) is 15.8 Å². The van der Waals surface area contributed by atoms with E-state index in [-0.39, 0.29) is 23.3 Å². The summed E-state index contributed by atoms with van der Waals surface area (Å²) in [6.45, 7) is 7.07. The summed E-state index contributed by atoms with van der Waals surface area (Å²) in [6.07, 6.45) is 3.08. The van der Waals surface area contributed by atoms with Gasteiger partial charge in [-0.25, -0.2) is 0 Å². The zero-order valence-electron chi connectivity index (χ0n) is 12.4. The lowest BCUT2D eigenvalue weighted by molar-refractivity contribution is 0.0908. The summed E-state index contributed by atoms with van der Waals surface area (Å²) in [4.78, 5) is 24.0. The largest absolute Gasteiger partial charge is 0.351 e. The molecule has 1 aromatic rings. The fourth-order valence-corrected chi connectivity index (χ4v) is 1.79. The van der Waals surface area contributed by atoms with E-state index in [0.717, 1.165) is 19.3 Å². The lowest BCUT2D eigenvalue weighted by Gasteiger charge is -2.04. The van der Waals surface area contributed by atoms with Crippen LogP contribution in [0.1, 0.15) is 66.6 Å². The summed E-state index contributed by atoms with van der Waals surface area (Å²) in [5.41, 5.74) is 0.816. The van der Waals surface area contributed by atoms with Gasteiger partial charge in [-0.05, 0) is 19.3 Å². The number of nitrogens with zero attached hydrogens (tertiary/aromatic N) is 1. The summed E-state index contributed by atoms with van der Waals surface area (Å²) in [5, 5.41) is 9.26. The van der Waals surface area contributed by atoms with Crippen LogP contribution in [0.3, 0.4) is 0 Å². The Morgan fingerprint density at radius 2 is 1.60 bits per heavy atom. The molecule has 2 amide bonds. The highest BCUT2D eigenvalue weighted by Gasteiger charge is 2.25. The molecule has 112 valence electrons. The molecular formula is C14H23N3O3. The number of hydrogen-bond donors (Lipinski definition) is 2. The van der Waals surface area contributed by atoms with Crippen molar-refractivity contribution in [2.75, 3.05) is 13.1 Å². The van der Waals surface area contributed by atoms with Gasteiger partial charge in [0.05, 0.1) is 0 Å². The molecule has 0 aliphatic heterocycles. The first-order valence-electron chi connectivity index (χ1n) is 7.20. The number of nitrogens with one attached hydrogen (secondary N) is 2. The maximum Gasteiger partial charge on any atom is 0.290 e. The molecule has 0 bridgehead atoms. The smallest absolute Gasteiger partial charge is 0.290 e. The van der Waals surface area contributed by atoms with Crippen molar-refractivity contribution >= 4 is 11.8 Å². The van der Waals surface area contributed by atoms with Crippen molar-refractivity contribution in [3.05, 3.63) is 17.0 Å². The Labute approximate surface area is 119 Å². The molecule has 1 rings (SSSR count). The standard InChI is InChI=1S/C14H23N3O3/c1-4-7-10-11(13(18)15-8-5-2)17-20-12(10)14(19)16-9-6-3/h4-9H2,1-3H3,(H,15,18)(H,16,19). The van der Waals surface area contributed by atoms with Crippen molar-refractivity contribution in [3.8, 4) is 0 Å². The minimum Gasteiger partial charge on any atom is -0.351 e. The maximum atomic E-state index is 12.0. The van der Waals surface area contributed by atoms with Crippen LogP contribution in [0.25, 0.3) is 0 Å². The summed E-state index contributed by atoms with van der Waals surface area (Å²) in [7, 11) is 0. The van der Waals surface area contributed by atoms with Gasteiger partial charge in [0.25, 0.3) is 11.8 Å². The Morgan fingerprint density at radius 3 is 2.15 bits per heavy atom. The van der Waals surface area contributed by atoms with Crippen LogP contribution in [0, 0.1) is 0 Å². The highest BCUT2D eigenvalue weighted by molar-refractivity contribution is 5.99. The molecule has 0 saturated heterocycles. The molecule has 20 heavy (non-hydrogen) atoms. The molecule has 0 aliphatic carbocycles. The average molecular weight is 281 g/mol. The normalized spacial score (nSPS) is 10.3. The van der Waals surface area contributed by atoms with Crippen molar-refractivity contribution in [2.45, 2.75) is 46.5 Å². The SMILES string of the molecule is CCCNC(=O)c1noc(C(=O)NCCC)c1CCC. The topological polar surface area (TPSA) is 84.2 Å². The van der Waals surface area contributed by atoms with Crippen molar-refractivity contribution in [1.29, 1.82) is 0 Å². The Kier molecular flexibility index (Phi) is 6.76. The van der Waals surface area contributed by atoms with Gasteiger partial charge in [0.15, 0.2) is 5.69 Å². The summed E-state index contributed by atoms with van der Waals surface area (Å²) < 4.78 is 5.09.